The zero-order valence-corrected chi connectivity index (χ0v) is 19.0. The van der Waals surface area contributed by atoms with Crippen molar-refractivity contribution in [3.63, 3.8) is 0 Å². The number of rotatable bonds is 7. The van der Waals surface area contributed by atoms with Crippen molar-refractivity contribution in [1.29, 1.82) is 0 Å². The highest BCUT2D eigenvalue weighted by Gasteiger charge is 2.32. The maximum absolute atomic E-state index is 14.5. The first-order valence-corrected chi connectivity index (χ1v) is 11.5. The van der Waals surface area contributed by atoms with Crippen LogP contribution in [-0.2, 0) is 4.79 Å². The molecular weight excluding hydrogens is 423 g/mol. The van der Waals surface area contributed by atoms with Crippen LogP contribution in [-0.4, -0.2) is 49.9 Å². The van der Waals surface area contributed by atoms with Crippen molar-refractivity contribution in [2.24, 2.45) is 11.8 Å². The predicted octanol–water partition coefficient (Wildman–Crippen LogP) is 4.82. The molecule has 7 heteroatoms. The lowest BCUT2D eigenvalue weighted by atomic mass is 9.95. The van der Waals surface area contributed by atoms with Crippen molar-refractivity contribution >= 4 is 17.3 Å². The summed E-state index contributed by atoms with van der Waals surface area (Å²) in [6, 6.07) is 11.8. The van der Waals surface area contributed by atoms with E-state index < -0.39 is 18.8 Å². The first kappa shape index (κ1) is 19.5. The second-order valence-corrected chi connectivity index (χ2v) is 9.32. The van der Waals surface area contributed by atoms with Crippen molar-refractivity contribution in [3.05, 3.63) is 48.3 Å². The van der Waals surface area contributed by atoms with Crippen LogP contribution in [0.4, 0.5) is 15.8 Å². The van der Waals surface area contributed by atoms with Crippen molar-refractivity contribution in [3.8, 4) is 11.5 Å². The molecule has 2 fully saturated rings. The number of carbonyl (C=O) groups is 1. The Balaban J connectivity index is 1.37. The lowest BCUT2D eigenvalue weighted by Crippen LogP contribution is -2.44. The van der Waals surface area contributed by atoms with Gasteiger partial charge in [0.25, 0.3) is 0 Å². The highest BCUT2D eigenvalue weighted by molar-refractivity contribution is 5.69. The van der Waals surface area contributed by atoms with Gasteiger partial charge in [-0.05, 0) is 48.7 Å². The lowest BCUT2D eigenvalue weighted by molar-refractivity contribution is -0.137. The Hall–Kier alpha value is -2.96. The number of anilines is 2. The number of halogens is 1. The van der Waals surface area contributed by atoms with E-state index in [2.05, 4.69) is 11.8 Å². The number of aliphatic carboxylic acids is 1. The van der Waals surface area contributed by atoms with Crippen LogP contribution in [0.2, 0.25) is 0 Å². The van der Waals surface area contributed by atoms with E-state index in [0.29, 0.717) is 31.1 Å². The molecule has 2 heterocycles. The van der Waals surface area contributed by atoms with E-state index in [1.807, 2.05) is 36.1 Å². The van der Waals surface area contributed by atoms with Crippen LogP contribution in [0, 0.1) is 17.7 Å². The van der Waals surface area contributed by atoms with Crippen LogP contribution in [0.25, 0.3) is 0 Å². The molecule has 2 saturated heterocycles. The number of ether oxygens (including phenoxy) is 2. The summed E-state index contributed by atoms with van der Waals surface area (Å²) in [5, 5.41) is 9.24. The van der Waals surface area contributed by atoms with Crippen LogP contribution in [0.1, 0.15) is 37.2 Å². The Morgan fingerprint density at radius 3 is 2.64 bits per heavy atom. The number of hydrogen-bond donors (Lipinski definition) is 1. The molecule has 178 valence electrons. The van der Waals surface area contributed by atoms with E-state index in [-0.39, 0.29) is 30.2 Å². The van der Waals surface area contributed by atoms with E-state index in [1.165, 1.54) is 18.2 Å². The minimum atomic E-state index is -2.59. The quantitative estimate of drug-likeness (QED) is 0.641. The summed E-state index contributed by atoms with van der Waals surface area (Å²) in [5.41, 5.74) is 1.32. The zero-order valence-electron chi connectivity index (χ0n) is 22.0. The summed E-state index contributed by atoms with van der Waals surface area (Å²) < 4.78 is 47.6. The topological polar surface area (TPSA) is 62.2 Å². The van der Waals surface area contributed by atoms with Gasteiger partial charge in [0.05, 0.1) is 23.3 Å². The molecule has 0 spiro atoms. The van der Waals surface area contributed by atoms with Crippen LogP contribution < -0.4 is 19.3 Å². The minimum Gasteiger partial charge on any atom is -0.497 e. The molecule has 4 atom stereocenters. The van der Waals surface area contributed by atoms with Gasteiger partial charge in [-0.3, -0.25) is 4.79 Å². The Kier molecular flexibility index (Phi) is 5.85. The van der Waals surface area contributed by atoms with Crippen molar-refractivity contribution in [2.45, 2.75) is 45.3 Å². The number of piperidine rings is 1. The molecule has 2 aliphatic heterocycles. The van der Waals surface area contributed by atoms with Crippen molar-refractivity contribution < 1.29 is 27.9 Å². The fourth-order valence-corrected chi connectivity index (χ4v) is 5.07. The first-order valence-electron chi connectivity index (χ1n) is 13.0. The number of carboxylic acids is 1. The van der Waals surface area contributed by atoms with E-state index in [1.54, 1.807) is 0 Å². The van der Waals surface area contributed by atoms with E-state index in [0.717, 1.165) is 24.4 Å². The highest BCUT2D eigenvalue weighted by atomic mass is 19.1. The van der Waals surface area contributed by atoms with Crippen molar-refractivity contribution in [2.75, 3.05) is 36.5 Å². The summed E-state index contributed by atoms with van der Waals surface area (Å²) in [5.74, 6) is 0.190. The zero-order chi connectivity index (χ0) is 26.0. The van der Waals surface area contributed by atoms with Crippen molar-refractivity contribution in [1.82, 2.24) is 0 Å². The molecule has 0 aliphatic carbocycles. The summed E-state index contributed by atoms with van der Waals surface area (Å²) in [6.07, 6.45) is 1.62. The maximum Gasteiger partial charge on any atom is 0.305 e. The molecule has 4 rings (SSSR count). The summed E-state index contributed by atoms with van der Waals surface area (Å²) in [7, 11) is -2.59. The van der Waals surface area contributed by atoms with E-state index >= 15 is 0 Å². The molecule has 0 saturated carbocycles. The maximum atomic E-state index is 14.5. The SMILES string of the molecule is [2H]C([2H])([2H])Oc1ccc(F)c(N2CCC(Oc3ccc(N4C[C@H](C)C[C@@H]4CC(=O)O)cc3)C(C)C2)c1. The second kappa shape index (κ2) is 9.89. The van der Waals surface area contributed by atoms with Gasteiger partial charge in [0.1, 0.15) is 23.4 Å². The van der Waals surface area contributed by atoms with E-state index in [9.17, 15) is 14.3 Å². The molecule has 2 aromatic carbocycles. The van der Waals surface area contributed by atoms with Gasteiger partial charge in [0, 0.05) is 49.8 Å². The molecule has 6 nitrogen and oxygen atoms in total. The van der Waals surface area contributed by atoms with Gasteiger partial charge >= 0.3 is 5.97 Å². The Labute approximate surface area is 199 Å². The summed E-state index contributed by atoms with van der Waals surface area (Å²) in [6.45, 7) is 6.14. The monoisotopic (exact) mass is 459 g/mol. The third kappa shape index (κ3) is 5.34. The van der Waals surface area contributed by atoms with Gasteiger partial charge in [0.15, 0.2) is 0 Å². The van der Waals surface area contributed by atoms with Gasteiger partial charge in [0.2, 0.25) is 0 Å². The molecule has 2 unspecified atom stereocenters. The fourth-order valence-electron chi connectivity index (χ4n) is 5.07. The second-order valence-electron chi connectivity index (χ2n) is 9.32. The van der Waals surface area contributed by atoms with Gasteiger partial charge in [-0.15, -0.1) is 0 Å². The number of hydrogen-bond acceptors (Lipinski definition) is 5. The molecule has 0 aromatic heterocycles. The predicted molar refractivity (Wildman–Crippen MR) is 127 cm³/mol. The molecule has 2 aliphatic rings. The highest BCUT2D eigenvalue weighted by Crippen LogP contribution is 2.34. The summed E-state index contributed by atoms with van der Waals surface area (Å²) >= 11 is 0. The van der Waals surface area contributed by atoms with Crippen LogP contribution >= 0.6 is 0 Å². The average molecular weight is 460 g/mol. The molecule has 0 bridgehead atoms. The van der Waals surface area contributed by atoms with Gasteiger partial charge in [-0.25, -0.2) is 4.39 Å². The number of methoxy groups -OCH3 is 1. The first-order chi connectivity index (χ1) is 17.0. The molecular formula is C26H33FN2O4. The van der Waals surface area contributed by atoms with Gasteiger partial charge in [-0.2, -0.15) is 0 Å². The standard InChI is InChI=1S/C26H33FN2O4/c1-17-12-20(13-26(30)31)29(15-17)19-4-6-21(7-5-19)33-25-10-11-28(16-18(25)2)24-14-22(32-3)8-9-23(24)27/h4-9,14,17-18,20,25H,10-13,15-16H2,1-3H3,(H,30,31)/t17-,18?,20-,25?/m1/s1/i3D3. The minimum absolute atomic E-state index is 0.00215. The van der Waals surface area contributed by atoms with Crippen LogP contribution in [0.5, 0.6) is 11.5 Å². The Bertz CT molecular complexity index is 1070. The molecule has 0 amide bonds. The smallest absolute Gasteiger partial charge is 0.305 e. The third-order valence-electron chi connectivity index (χ3n) is 6.69. The molecule has 1 N–H and O–H groups in total. The largest absolute Gasteiger partial charge is 0.497 e. The molecule has 0 radical (unpaired) electrons. The van der Waals surface area contributed by atoms with Gasteiger partial charge < -0.3 is 24.4 Å². The molecule has 2 aromatic rings. The van der Waals surface area contributed by atoms with Gasteiger partial charge in [-0.1, -0.05) is 13.8 Å². The van der Waals surface area contributed by atoms with Crippen LogP contribution in [0.3, 0.4) is 0 Å². The number of nitrogens with zero attached hydrogens (tertiary/aromatic N) is 2. The average Bonchev–Trinajstić information content (AvgIpc) is 3.15. The third-order valence-corrected chi connectivity index (χ3v) is 6.69. The lowest BCUT2D eigenvalue weighted by Gasteiger charge is -2.38. The number of carboxylic acid groups (broad SMARTS) is 1. The van der Waals surface area contributed by atoms with E-state index in [4.69, 9.17) is 13.6 Å². The Morgan fingerprint density at radius 2 is 1.94 bits per heavy atom. The normalized spacial score (nSPS) is 26.9. The fraction of sp³-hybridized carbons (Fsp3) is 0.500. The number of benzene rings is 2. The summed E-state index contributed by atoms with van der Waals surface area (Å²) in [4.78, 5) is 15.3. The van der Waals surface area contributed by atoms with Crippen LogP contribution in [0.15, 0.2) is 42.5 Å². The molecule has 33 heavy (non-hydrogen) atoms. The Morgan fingerprint density at radius 1 is 1.18 bits per heavy atom.